The van der Waals surface area contributed by atoms with Gasteiger partial charge in [-0.2, -0.15) is 0 Å². The van der Waals surface area contributed by atoms with Crippen molar-refractivity contribution in [3.8, 4) is 17.2 Å². The predicted octanol–water partition coefficient (Wildman–Crippen LogP) is 3.72. The first-order valence-corrected chi connectivity index (χ1v) is 13.7. The van der Waals surface area contributed by atoms with Crippen LogP contribution in [0.3, 0.4) is 0 Å². The van der Waals surface area contributed by atoms with Gasteiger partial charge >= 0.3 is 6.03 Å². The molecule has 218 valence electrons. The highest BCUT2D eigenvalue weighted by molar-refractivity contribution is 5.92. The third-order valence-electron chi connectivity index (χ3n) is 7.03. The maximum absolute atomic E-state index is 13.9. The number of ether oxygens (including phenoxy) is 4. The van der Waals surface area contributed by atoms with Crippen LogP contribution < -0.4 is 19.5 Å². The molecule has 2 aromatic carbocycles. The zero-order valence-corrected chi connectivity index (χ0v) is 23.5. The smallest absolute Gasteiger partial charge is 0.322 e. The molecule has 0 bridgehead atoms. The van der Waals surface area contributed by atoms with Crippen molar-refractivity contribution in [2.24, 2.45) is 0 Å². The summed E-state index contributed by atoms with van der Waals surface area (Å²) in [5, 5.41) is 2.92. The summed E-state index contributed by atoms with van der Waals surface area (Å²) in [6.07, 6.45) is 0. The highest BCUT2D eigenvalue weighted by atomic mass is 16.7. The Balaban J connectivity index is 1.33. The van der Waals surface area contributed by atoms with Crippen molar-refractivity contribution in [1.82, 2.24) is 14.7 Å². The van der Waals surface area contributed by atoms with Crippen LogP contribution in [0.5, 0.6) is 17.2 Å². The van der Waals surface area contributed by atoms with Crippen molar-refractivity contribution >= 4 is 17.6 Å². The molecule has 0 unspecified atom stereocenters. The average molecular weight is 565 g/mol. The van der Waals surface area contributed by atoms with Crippen LogP contribution in [-0.2, 0) is 22.6 Å². The van der Waals surface area contributed by atoms with Crippen molar-refractivity contribution in [3.63, 3.8) is 0 Å². The van der Waals surface area contributed by atoms with Gasteiger partial charge in [-0.05, 0) is 48.9 Å². The van der Waals surface area contributed by atoms with Gasteiger partial charge in [-0.25, -0.2) is 4.79 Å². The number of methoxy groups -OCH3 is 1. The Hall–Kier alpha value is -4.22. The molecule has 1 aromatic heterocycles. The lowest BCUT2D eigenvalue weighted by Crippen LogP contribution is -2.48. The molecule has 11 heteroatoms. The molecule has 0 atom stereocenters. The number of benzene rings is 2. The summed E-state index contributed by atoms with van der Waals surface area (Å²) in [4.78, 5) is 32.8. The zero-order chi connectivity index (χ0) is 28.6. The Labute approximate surface area is 239 Å². The van der Waals surface area contributed by atoms with Gasteiger partial charge in [0, 0.05) is 44.5 Å². The predicted molar refractivity (Wildman–Crippen MR) is 151 cm³/mol. The number of urea groups is 1. The van der Waals surface area contributed by atoms with E-state index >= 15 is 0 Å². The lowest BCUT2D eigenvalue weighted by Gasteiger charge is -2.31. The van der Waals surface area contributed by atoms with Crippen molar-refractivity contribution < 1.29 is 33.0 Å². The fraction of sp³-hybridized carbons (Fsp3) is 0.400. The molecule has 0 aliphatic carbocycles. The zero-order valence-electron chi connectivity index (χ0n) is 23.5. The SMILES string of the molecule is COc1cccc(NC(=O)N(CCN2CCOCC2)CC(=O)N(Cc2ccc3c(c2)OCO3)Cc2ccc(C)o2)c1. The van der Waals surface area contributed by atoms with Gasteiger partial charge in [-0.1, -0.05) is 12.1 Å². The number of fused-ring (bicyclic) bond motifs is 1. The summed E-state index contributed by atoms with van der Waals surface area (Å²) < 4.78 is 27.5. The number of hydrogen-bond donors (Lipinski definition) is 1. The summed E-state index contributed by atoms with van der Waals surface area (Å²) >= 11 is 0. The van der Waals surface area contributed by atoms with Crippen molar-refractivity contribution in [3.05, 3.63) is 71.7 Å². The highest BCUT2D eigenvalue weighted by Crippen LogP contribution is 2.33. The standard InChI is InChI=1S/C30H36N4O7/c1-22-6-8-26(41-22)19-34(18-23-7-9-27-28(16-23)40-21-39-27)29(35)20-33(11-10-32-12-14-38-15-13-32)30(36)31-24-4-3-5-25(17-24)37-2/h3-9,16-17H,10-15,18-21H2,1-2H3,(H,31,36). The van der Waals surface area contributed by atoms with Crippen LogP contribution in [0.25, 0.3) is 0 Å². The van der Waals surface area contributed by atoms with Crippen LogP contribution in [-0.4, -0.2) is 86.5 Å². The summed E-state index contributed by atoms with van der Waals surface area (Å²) in [7, 11) is 1.57. The van der Waals surface area contributed by atoms with Crippen LogP contribution in [0.1, 0.15) is 17.1 Å². The van der Waals surface area contributed by atoms with E-state index in [-0.39, 0.29) is 31.8 Å². The molecule has 0 spiro atoms. The first kappa shape index (κ1) is 28.3. The van der Waals surface area contributed by atoms with Crippen LogP contribution in [0, 0.1) is 6.92 Å². The van der Waals surface area contributed by atoms with Crippen molar-refractivity contribution in [1.29, 1.82) is 0 Å². The van der Waals surface area contributed by atoms with Gasteiger partial charge in [0.2, 0.25) is 12.7 Å². The largest absolute Gasteiger partial charge is 0.497 e. The van der Waals surface area contributed by atoms with Gasteiger partial charge in [0.25, 0.3) is 0 Å². The van der Waals surface area contributed by atoms with E-state index in [0.717, 1.165) is 24.4 Å². The second kappa shape index (κ2) is 13.4. The minimum atomic E-state index is -0.364. The minimum Gasteiger partial charge on any atom is -0.497 e. The molecule has 41 heavy (non-hydrogen) atoms. The number of carbonyl (C=O) groups excluding carboxylic acids is 2. The molecule has 1 saturated heterocycles. The van der Waals surface area contributed by atoms with E-state index in [2.05, 4.69) is 10.2 Å². The van der Waals surface area contributed by atoms with E-state index in [1.54, 1.807) is 41.2 Å². The van der Waals surface area contributed by atoms with E-state index in [0.29, 0.717) is 61.5 Å². The van der Waals surface area contributed by atoms with Crippen LogP contribution in [0.15, 0.2) is 59.0 Å². The molecule has 1 N–H and O–H groups in total. The van der Waals surface area contributed by atoms with E-state index in [1.807, 2.05) is 37.3 Å². The number of nitrogens with one attached hydrogen (secondary N) is 1. The van der Waals surface area contributed by atoms with Crippen LogP contribution in [0.4, 0.5) is 10.5 Å². The average Bonchev–Trinajstić information content (AvgIpc) is 3.63. The summed E-state index contributed by atoms with van der Waals surface area (Å²) in [6, 6.07) is 16.1. The topological polar surface area (TPSA) is 106 Å². The maximum Gasteiger partial charge on any atom is 0.322 e. The maximum atomic E-state index is 13.9. The first-order valence-electron chi connectivity index (χ1n) is 13.7. The molecule has 3 aromatic rings. The molecule has 0 radical (unpaired) electrons. The monoisotopic (exact) mass is 564 g/mol. The van der Waals surface area contributed by atoms with Gasteiger partial charge < -0.3 is 38.5 Å². The Morgan fingerprint density at radius 3 is 2.59 bits per heavy atom. The number of morpholine rings is 1. The van der Waals surface area contributed by atoms with E-state index in [4.69, 9.17) is 23.4 Å². The highest BCUT2D eigenvalue weighted by Gasteiger charge is 2.25. The molecule has 11 nitrogen and oxygen atoms in total. The molecular formula is C30H36N4O7. The summed E-state index contributed by atoms with van der Waals surface area (Å²) in [5.41, 5.74) is 1.47. The Morgan fingerprint density at radius 2 is 1.80 bits per heavy atom. The third kappa shape index (κ3) is 7.71. The molecular weight excluding hydrogens is 528 g/mol. The van der Waals surface area contributed by atoms with Gasteiger partial charge in [0.05, 0.1) is 26.9 Å². The lowest BCUT2D eigenvalue weighted by atomic mass is 10.2. The van der Waals surface area contributed by atoms with E-state index < -0.39 is 0 Å². The van der Waals surface area contributed by atoms with Gasteiger partial charge in [0.1, 0.15) is 23.8 Å². The number of furan rings is 1. The summed E-state index contributed by atoms with van der Waals surface area (Å²) in [6.45, 7) is 6.38. The number of nitrogens with zero attached hydrogens (tertiary/aromatic N) is 3. The van der Waals surface area contributed by atoms with Crippen molar-refractivity contribution in [2.45, 2.75) is 20.0 Å². The molecule has 5 rings (SSSR count). The number of anilines is 1. The lowest BCUT2D eigenvalue weighted by molar-refractivity contribution is -0.133. The number of hydrogen-bond acceptors (Lipinski definition) is 8. The molecule has 2 aliphatic rings. The molecule has 3 amide bonds. The van der Waals surface area contributed by atoms with Gasteiger partial charge in [0.15, 0.2) is 11.5 Å². The number of amides is 3. The Kier molecular flexibility index (Phi) is 9.27. The number of carbonyl (C=O) groups is 2. The first-order chi connectivity index (χ1) is 20.0. The fourth-order valence-electron chi connectivity index (χ4n) is 4.76. The second-order valence-corrected chi connectivity index (χ2v) is 9.99. The van der Waals surface area contributed by atoms with Crippen molar-refractivity contribution in [2.75, 3.05) is 65.2 Å². The van der Waals surface area contributed by atoms with Gasteiger partial charge in [-0.3, -0.25) is 9.69 Å². The van der Waals surface area contributed by atoms with Crippen LogP contribution in [0.2, 0.25) is 0 Å². The number of rotatable bonds is 11. The van der Waals surface area contributed by atoms with Gasteiger partial charge in [-0.15, -0.1) is 0 Å². The Morgan fingerprint density at radius 1 is 0.976 bits per heavy atom. The normalized spacial score (nSPS) is 14.5. The van der Waals surface area contributed by atoms with E-state index in [9.17, 15) is 9.59 Å². The second-order valence-electron chi connectivity index (χ2n) is 9.99. The Bertz CT molecular complexity index is 1340. The third-order valence-corrected chi connectivity index (χ3v) is 7.03. The molecule has 3 heterocycles. The quantitative estimate of drug-likeness (QED) is 0.376. The number of aryl methyl sites for hydroxylation is 1. The summed E-state index contributed by atoms with van der Waals surface area (Å²) in [5.74, 6) is 3.17. The molecule has 0 saturated carbocycles. The minimum absolute atomic E-state index is 0.107. The fourth-order valence-corrected chi connectivity index (χ4v) is 4.76. The van der Waals surface area contributed by atoms with Crippen LogP contribution >= 0.6 is 0 Å². The molecule has 1 fully saturated rings. The molecule has 2 aliphatic heterocycles. The van der Waals surface area contributed by atoms with E-state index in [1.165, 1.54) is 0 Å².